The quantitative estimate of drug-likeness (QED) is 0.664. The average molecular weight is 440 g/mol. The van der Waals surface area contributed by atoms with Crippen LogP contribution in [0, 0.1) is 0 Å². The summed E-state index contributed by atoms with van der Waals surface area (Å²) in [5.41, 5.74) is -1.06. The lowest BCUT2D eigenvalue weighted by Gasteiger charge is -2.22. The normalized spacial score (nSPS) is 35.7. The minimum Gasteiger partial charge on any atom is -0.346 e. The van der Waals surface area contributed by atoms with Crippen LogP contribution in [0.2, 0.25) is 0 Å². The number of aromatic nitrogens is 2. The first-order valence-electron chi connectivity index (χ1n) is 7.83. The maximum Gasteiger partial charge on any atom is 0.330 e. The summed E-state index contributed by atoms with van der Waals surface area (Å²) < 4.78 is 27.9. The van der Waals surface area contributed by atoms with Gasteiger partial charge in [-0.2, -0.15) is 0 Å². The number of ether oxygens (including phenoxy) is 4. The standard InChI is InChI=1S/C13H17N2O7PS3/c1-18-13-21-9-7(6-19-23(24)25-4-5-26-23)20-11(10(9)22-13)15-3-2-8(16)14-12(15)17/h2-3,7,9-11,13H,4-6H2,1H3,(H,14,16,17)/t7-,9?,10+,11-,13?/m1/s1. The van der Waals surface area contributed by atoms with Gasteiger partial charge in [0.15, 0.2) is 10.9 Å². The van der Waals surface area contributed by atoms with Gasteiger partial charge in [-0.1, -0.05) is 22.8 Å². The van der Waals surface area contributed by atoms with Gasteiger partial charge >= 0.3 is 5.69 Å². The molecule has 4 rings (SSSR count). The third-order valence-corrected chi connectivity index (χ3v) is 14.0. The molecule has 3 aliphatic rings. The molecule has 5 atom stereocenters. The number of nitrogens with zero attached hydrogens (tertiary/aromatic N) is 1. The van der Waals surface area contributed by atoms with Gasteiger partial charge in [0, 0.05) is 30.9 Å². The molecule has 4 heterocycles. The second-order valence-corrected chi connectivity index (χ2v) is 16.5. The first-order valence-corrected chi connectivity index (χ1v) is 13.7. The molecule has 0 aromatic carbocycles. The molecule has 2 unspecified atom stereocenters. The molecule has 0 spiro atoms. The Balaban J connectivity index is 1.55. The Morgan fingerprint density at radius 1 is 1.31 bits per heavy atom. The van der Waals surface area contributed by atoms with Gasteiger partial charge < -0.3 is 23.5 Å². The van der Waals surface area contributed by atoms with E-state index in [2.05, 4.69) is 4.98 Å². The maximum absolute atomic E-state index is 12.1. The summed E-state index contributed by atoms with van der Waals surface area (Å²) >= 11 is 8.95. The molecule has 13 heteroatoms. The summed E-state index contributed by atoms with van der Waals surface area (Å²) in [7, 11) is 1.47. The molecule has 3 saturated heterocycles. The number of nitrogens with one attached hydrogen (secondary N) is 1. The van der Waals surface area contributed by atoms with Crippen molar-refractivity contribution in [3.8, 4) is 0 Å². The molecule has 1 aromatic rings. The molecule has 144 valence electrons. The highest BCUT2D eigenvalue weighted by atomic mass is 33.2. The fraction of sp³-hybridized carbons (Fsp3) is 0.692. The Bertz CT molecular complexity index is 822. The van der Waals surface area contributed by atoms with Crippen LogP contribution in [0.15, 0.2) is 21.9 Å². The lowest BCUT2D eigenvalue weighted by atomic mass is 10.1. The molecule has 9 nitrogen and oxygen atoms in total. The zero-order chi connectivity index (χ0) is 18.3. The fourth-order valence-corrected chi connectivity index (χ4v) is 11.8. The van der Waals surface area contributed by atoms with E-state index in [0.29, 0.717) is 0 Å². The van der Waals surface area contributed by atoms with Crippen molar-refractivity contribution in [2.45, 2.75) is 31.0 Å². The van der Waals surface area contributed by atoms with Crippen LogP contribution in [0.4, 0.5) is 0 Å². The van der Waals surface area contributed by atoms with E-state index in [9.17, 15) is 9.59 Å². The summed E-state index contributed by atoms with van der Waals surface area (Å²) in [6, 6.07) is 1.25. The van der Waals surface area contributed by atoms with Gasteiger partial charge in [-0.05, 0) is 11.8 Å². The average Bonchev–Trinajstić information content (AvgIpc) is 3.29. The van der Waals surface area contributed by atoms with Gasteiger partial charge in [0.1, 0.15) is 18.3 Å². The molecular formula is C13H17N2O7PS3. The van der Waals surface area contributed by atoms with Crippen LogP contribution >= 0.6 is 27.4 Å². The van der Waals surface area contributed by atoms with Crippen LogP contribution in [0.25, 0.3) is 0 Å². The third-order valence-electron chi connectivity index (χ3n) is 4.12. The molecular weight excluding hydrogens is 423 g/mol. The molecule has 0 saturated carbocycles. The molecule has 0 bridgehead atoms. The van der Waals surface area contributed by atoms with Gasteiger partial charge in [0.2, 0.25) is 0 Å². The van der Waals surface area contributed by atoms with E-state index in [1.165, 1.54) is 23.9 Å². The Labute approximate surface area is 161 Å². The zero-order valence-corrected chi connectivity index (χ0v) is 17.0. The lowest BCUT2D eigenvalue weighted by molar-refractivity contribution is -0.256. The van der Waals surface area contributed by atoms with Crippen LogP contribution in [-0.4, -0.2) is 59.6 Å². The Kier molecular flexibility index (Phi) is 5.66. The van der Waals surface area contributed by atoms with E-state index in [1.54, 1.807) is 22.8 Å². The SMILES string of the molecule is COC1OC2[C@@H](COP3(=S)SCCS3)O[C@@H](n3ccc(=O)[nH]c3=O)[C@H]2O1. The van der Waals surface area contributed by atoms with Crippen LogP contribution < -0.4 is 11.2 Å². The maximum atomic E-state index is 12.1. The zero-order valence-electron chi connectivity index (χ0n) is 13.6. The Hall–Kier alpha value is -0.170. The first kappa shape index (κ1) is 19.2. The van der Waals surface area contributed by atoms with E-state index in [4.69, 9.17) is 35.3 Å². The van der Waals surface area contributed by atoms with Crippen molar-refractivity contribution in [2.24, 2.45) is 0 Å². The molecule has 3 fully saturated rings. The highest BCUT2D eigenvalue weighted by Gasteiger charge is 2.54. The van der Waals surface area contributed by atoms with Crippen molar-refractivity contribution in [3.05, 3.63) is 33.1 Å². The highest BCUT2D eigenvalue weighted by Crippen LogP contribution is 2.74. The topological polar surface area (TPSA) is 101 Å². The number of methoxy groups -OCH3 is 1. The summed E-state index contributed by atoms with van der Waals surface area (Å²) in [6.45, 7) is -0.604. The van der Waals surface area contributed by atoms with E-state index in [1.807, 2.05) is 0 Å². The Morgan fingerprint density at radius 3 is 2.73 bits per heavy atom. The molecule has 1 aromatic heterocycles. The second kappa shape index (κ2) is 7.69. The molecule has 0 radical (unpaired) electrons. The number of H-pyrrole nitrogens is 1. The van der Waals surface area contributed by atoms with Gasteiger partial charge in [-0.25, -0.2) is 4.79 Å². The highest BCUT2D eigenvalue weighted by molar-refractivity contribution is 9.00. The van der Waals surface area contributed by atoms with Crippen LogP contribution in [0.5, 0.6) is 0 Å². The van der Waals surface area contributed by atoms with E-state index in [0.717, 1.165) is 11.5 Å². The van der Waals surface area contributed by atoms with Gasteiger partial charge in [-0.3, -0.25) is 14.3 Å². The van der Waals surface area contributed by atoms with Crippen molar-refractivity contribution in [3.63, 3.8) is 0 Å². The molecule has 0 aliphatic carbocycles. The van der Waals surface area contributed by atoms with Gasteiger partial charge in [0.25, 0.3) is 12.0 Å². The van der Waals surface area contributed by atoms with E-state index >= 15 is 0 Å². The Morgan fingerprint density at radius 2 is 2.04 bits per heavy atom. The number of hydrogen-bond donors (Lipinski definition) is 1. The smallest absolute Gasteiger partial charge is 0.330 e. The molecule has 3 aliphatic heterocycles. The van der Waals surface area contributed by atoms with Crippen molar-refractivity contribution in [2.75, 3.05) is 25.2 Å². The largest absolute Gasteiger partial charge is 0.346 e. The molecule has 0 amide bonds. The number of rotatable bonds is 5. The monoisotopic (exact) mass is 440 g/mol. The summed E-state index contributed by atoms with van der Waals surface area (Å²) in [5.74, 6) is 1.97. The van der Waals surface area contributed by atoms with Crippen molar-refractivity contribution < 1.29 is 23.5 Å². The molecule has 1 N–H and O–H groups in total. The predicted molar refractivity (Wildman–Crippen MR) is 101 cm³/mol. The lowest BCUT2D eigenvalue weighted by Crippen LogP contribution is -2.36. The fourth-order valence-electron chi connectivity index (χ4n) is 2.98. The van der Waals surface area contributed by atoms with Crippen LogP contribution in [0.3, 0.4) is 0 Å². The predicted octanol–water partition coefficient (Wildman–Crippen LogP) is 0.869. The van der Waals surface area contributed by atoms with Crippen LogP contribution in [0.1, 0.15) is 6.23 Å². The van der Waals surface area contributed by atoms with E-state index < -0.39 is 46.9 Å². The number of hydrogen-bond acceptors (Lipinski definition) is 10. The number of aromatic amines is 1. The van der Waals surface area contributed by atoms with Crippen LogP contribution in [-0.2, 0) is 35.3 Å². The minimum absolute atomic E-state index is 0.243. The second-order valence-electron chi connectivity index (χ2n) is 5.72. The number of fused-ring (bicyclic) bond motifs is 1. The molecule has 26 heavy (non-hydrogen) atoms. The summed E-state index contributed by atoms with van der Waals surface area (Å²) in [6.07, 6.45) is -0.893. The summed E-state index contributed by atoms with van der Waals surface area (Å²) in [5, 5.41) is 0. The van der Waals surface area contributed by atoms with Gasteiger partial charge in [0.05, 0.1) is 6.61 Å². The summed E-state index contributed by atoms with van der Waals surface area (Å²) in [4.78, 5) is 25.7. The van der Waals surface area contributed by atoms with Crippen molar-refractivity contribution >= 4 is 39.2 Å². The third kappa shape index (κ3) is 3.71. The van der Waals surface area contributed by atoms with Gasteiger partial charge in [-0.15, -0.1) is 0 Å². The first-order chi connectivity index (χ1) is 12.5. The van der Waals surface area contributed by atoms with Crippen molar-refractivity contribution in [1.82, 2.24) is 9.55 Å². The van der Waals surface area contributed by atoms with E-state index in [-0.39, 0.29) is 6.61 Å². The van der Waals surface area contributed by atoms with Crippen molar-refractivity contribution in [1.29, 1.82) is 0 Å². The minimum atomic E-state index is -1.95.